The fourth-order valence-electron chi connectivity index (χ4n) is 2.59. The Morgan fingerprint density at radius 3 is 3.13 bits per heavy atom. The molecule has 0 unspecified atom stereocenters. The normalized spacial score (nSPS) is 17.2. The quantitative estimate of drug-likeness (QED) is 0.825. The van der Waals surface area contributed by atoms with Gasteiger partial charge >= 0.3 is 6.03 Å². The van der Waals surface area contributed by atoms with Crippen LogP contribution in [-0.4, -0.2) is 25.4 Å². The number of hydrogen-bond acceptors (Lipinski definition) is 5. The first kappa shape index (κ1) is 15.7. The third kappa shape index (κ3) is 4.16. The van der Waals surface area contributed by atoms with Crippen LogP contribution < -0.4 is 10.6 Å². The predicted molar refractivity (Wildman–Crippen MR) is 89.2 cm³/mol. The highest BCUT2D eigenvalue weighted by Gasteiger charge is 2.14. The van der Waals surface area contributed by atoms with E-state index < -0.39 is 0 Å². The molecule has 2 aromatic heterocycles. The minimum atomic E-state index is -0.247. The van der Waals surface area contributed by atoms with Crippen molar-refractivity contribution < 1.29 is 4.79 Å². The molecule has 1 atom stereocenters. The zero-order valence-electron chi connectivity index (χ0n) is 13.0. The highest BCUT2D eigenvalue weighted by Crippen LogP contribution is 2.21. The van der Waals surface area contributed by atoms with Gasteiger partial charge in [0, 0.05) is 12.6 Å². The van der Waals surface area contributed by atoms with Crippen LogP contribution in [0.4, 0.5) is 10.6 Å². The Labute approximate surface area is 139 Å². The molecular formula is C15H20N6OS. The molecule has 0 aromatic carbocycles. The number of urea groups is 1. The number of aromatic nitrogens is 4. The van der Waals surface area contributed by atoms with Gasteiger partial charge in [-0.15, -0.1) is 5.10 Å². The number of carbonyl (C=O) groups is 1. The second-order valence-electron chi connectivity index (χ2n) is 5.64. The molecular weight excluding hydrogens is 312 g/mol. The maximum Gasteiger partial charge on any atom is 0.320 e. The minimum absolute atomic E-state index is 0.247. The Hall–Kier alpha value is -2.22. The van der Waals surface area contributed by atoms with Crippen LogP contribution in [0.2, 0.25) is 0 Å². The predicted octanol–water partition coefficient (Wildman–Crippen LogP) is 2.72. The summed E-state index contributed by atoms with van der Waals surface area (Å²) in [5, 5.41) is 13.9. The average Bonchev–Trinajstić information content (AvgIpc) is 3.16. The molecule has 8 heteroatoms. The summed E-state index contributed by atoms with van der Waals surface area (Å²) in [5.74, 6) is 1.30. The van der Waals surface area contributed by atoms with Crippen LogP contribution in [0.15, 0.2) is 24.4 Å². The van der Waals surface area contributed by atoms with Crippen molar-refractivity contribution >= 4 is 23.4 Å². The lowest BCUT2D eigenvalue weighted by atomic mass is 9.94. The number of amides is 2. The molecule has 2 aromatic rings. The van der Waals surface area contributed by atoms with Crippen LogP contribution in [0.1, 0.15) is 29.8 Å². The molecule has 1 aliphatic rings. The summed E-state index contributed by atoms with van der Waals surface area (Å²) in [6.07, 6.45) is 9.52. The van der Waals surface area contributed by atoms with E-state index in [9.17, 15) is 4.79 Å². The number of nitrogens with one attached hydrogen (secondary N) is 2. The van der Waals surface area contributed by atoms with Crippen molar-refractivity contribution in [3.8, 4) is 0 Å². The first-order valence-electron chi connectivity index (χ1n) is 7.72. The maximum absolute atomic E-state index is 12.1. The third-order valence-electron chi connectivity index (χ3n) is 3.92. The summed E-state index contributed by atoms with van der Waals surface area (Å²) >= 11 is 1.30. The van der Waals surface area contributed by atoms with E-state index in [1.54, 1.807) is 6.20 Å². The number of anilines is 1. The van der Waals surface area contributed by atoms with E-state index in [1.807, 2.05) is 17.7 Å². The fraction of sp³-hybridized carbons (Fsp3) is 0.467. The van der Waals surface area contributed by atoms with Crippen LogP contribution in [0.3, 0.4) is 0 Å². The fourth-order valence-corrected chi connectivity index (χ4v) is 3.16. The van der Waals surface area contributed by atoms with Crippen molar-refractivity contribution in [3.63, 3.8) is 0 Å². The highest BCUT2D eigenvalue weighted by molar-refractivity contribution is 7.05. The van der Waals surface area contributed by atoms with E-state index >= 15 is 0 Å². The third-order valence-corrected chi connectivity index (χ3v) is 4.75. The largest absolute Gasteiger partial charge is 0.333 e. The van der Waals surface area contributed by atoms with Gasteiger partial charge < -0.3 is 5.32 Å². The molecule has 0 saturated carbocycles. The summed E-state index contributed by atoms with van der Waals surface area (Å²) in [5.41, 5.74) is 0.852. The molecule has 2 heterocycles. The van der Waals surface area contributed by atoms with Crippen LogP contribution in [0, 0.1) is 12.8 Å². The smallest absolute Gasteiger partial charge is 0.320 e. The van der Waals surface area contributed by atoms with Gasteiger partial charge in [0.2, 0.25) is 0 Å². The van der Waals surface area contributed by atoms with Crippen molar-refractivity contribution in [2.75, 3.05) is 5.32 Å². The summed E-state index contributed by atoms with van der Waals surface area (Å²) in [7, 11) is 0. The van der Waals surface area contributed by atoms with Gasteiger partial charge in [-0.05, 0) is 43.6 Å². The number of rotatable bonds is 5. The topological polar surface area (TPSA) is 84.7 Å². The van der Waals surface area contributed by atoms with Gasteiger partial charge in [0.05, 0.1) is 23.3 Å². The SMILES string of the molecule is Cc1nnsc1CNC(=O)Nc1ccnn1C[C@@H]1CC=CCC1. The van der Waals surface area contributed by atoms with Crippen LogP contribution in [0.25, 0.3) is 0 Å². The lowest BCUT2D eigenvalue weighted by Gasteiger charge is -2.19. The molecule has 3 rings (SSSR count). The van der Waals surface area contributed by atoms with E-state index in [4.69, 9.17) is 0 Å². The average molecular weight is 332 g/mol. The number of hydrogen-bond donors (Lipinski definition) is 2. The van der Waals surface area contributed by atoms with E-state index in [0.29, 0.717) is 12.5 Å². The van der Waals surface area contributed by atoms with Crippen molar-refractivity contribution in [1.82, 2.24) is 24.7 Å². The van der Waals surface area contributed by atoms with Gasteiger partial charge in [-0.3, -0.25) is 5.32 Å². The lowest BCUT2D eigenvalue weighted by molar-refractivity contribution is 0.251. The Bertz CT molecular complexity index is 692. The molecule has 2 amide bonds. The van der Waals surface area contributed by atoms with Crippen molar-refractivity contribution in [2.45, 2.75) is 39.3 Å². The zero-order chi connectivity index (χ0) is 16.1. The van der Waals surface area contributed by atoms with Crippen molar-refractivity contribution in [3.05, 3.63) is 35.0 Å². The summed E-state index contributed by atoms with van der Waals surface area (Å²) in [6.45, 7) is 3.13. The lowest BCUT2D eigenvalue weighted by Crippen LogP contribution is -2.29. The van der Waals surface area contributed by atoms with Gasteiger partial charge in [-0.2, -0.15) is 5.10 Å². The molecule has 122 valence electrons. The van der Waals surface area contributed by atoms with E-state index in [0.717, 1.165) is 35.8 Å². The second kappa shape index (κ2) is 7.36. The van der Waals surface area contributed by atoms with Crippen LogP contribution in [-0.2, 0) is 13.1 Å². The molecule has 0 fully saturated rings. The molecule has 1 aliphatic carbocycles. The van der Waals surface area contributed by atoms with Gasteiger partial charge in [-0.25, -0.2) is 9.48 Å². The molecule has 0 radical (unpaired) electrons. The van der Waals surface area contributed by atoms with Gasteiger partial charge in [0.25, 0.3) is 0 Å². The Morgan fingerprint density at radius 2 is 2.39 bits per heavy atom. The monoisotopic (exact) mass is 332 g/mol. The zero-order valence-corrected chi connectivity index (χ0v) is 13.8. The number of allylic oxidation sites excluding steroid dienone is 2. The van der Waals surface area contributed by atoms with Crippen LogP contribution >= 0.6 is 11.5 Å². The number of aryl methyl sites for hydroxylation is 1. The molecule has 23 heavy (non-hydrogen) atoms. The van der Waals surface area contributed by atoms with E-state index in [1.165, 1.54) is 18.0 Å². The Morgan fingerprint density at radius 1 is 1.48 bits per heavy atom. The molecule has 0 spiro atoms. The Kier molecular flexibility index (Phi) is 5.02. The van der Waals surface area contributed by atoms with E-state index in [2.05, 4.69) is 37.5 Å². The first-order valence-corrected chi connectivity index (χ1v) is 8.49. The molecule has 0 aliphatic heterocycles. The molecule has 2 N–H and O–H groups in total. The summed E-state index contributed by atoms with van der Waals surface area (Å²) in [6, 6.07) is 1.57. The van der Waals surface area contributed by atoms with Crippen molar-refractivity contribution in [2.24, 2.45) is 5.92 Å². The minimum Gasteiger partial charge on any atom is -0.333 e. The van der Waals surface area contributed by atoms with Gasteiger partial charge in [0.1, 0.15) is 5.82 Å². The van der Waals surface area contributed by atoms with E-state index in [-0.39, 0.29) is 6.03 Å². The number of nitrogens with zero attached hydrogens (tertiary/aromatic N) is 4. The van der Waals surface area contributed by atoms with Gasteiger partial charge in [0.15, 0.2) is 0 Å². The summed E-state index contributed by atoms with van der Waals surface area (Å²) < 4.78 is 5.72. The summed E-state index contributed by atoms with van der Waals surface area (Å²) in [4.78, 5) is 13.0. The molecule has 0 saturated heterocycles. The molecule has 7 nitrogen and oxygen atoms in total. The second-order valence-corrected chi connectivity index (χ2v) is 6.48. The molecule has 0 bridgehead atoms. The maximum atomic E-state index is 12.1. The highest BCUT2D eigenvalue weighted by atomic mass is 32.1. The first-order chi connectivity index (χ1) is 11.2. The van der Waals surface area contributed by atoms with Crippen LogP contribution in [0.5, 0.6) is 0 Å². The van der Waals surface area contributed by atoms with Crippen molar-refractivity contribution in [1.29, 1.82) is 0 Å². The standard InChI is InChI=1S/C15H20N6OS/c1-11-13(23-20-19-11)9-16-15(22)18-14-7-8-17-21(14)10-12-5-3-2-4-6-12/h2-3,7-8,12H,4-6,9-10H2,1H3,(H2,16,18,22)/t12-/m1/s1. The van der Waals surface area contributed by atoms with Gasteiger partial charge in [-0.1, -0.05) is 16.6 Å². The number of carbonyl (C=O) groups excluding carboxylic acids is 1. The Balaban J connectivity index is 1.53.